The smallest absolute Gasteiger partial charge is 0.326 e. The van der Waals surface area contributed by atoms with Crippen LogP contribution in [-0.4, -0.2) is 17.0 Å². The minimum absolute atomic E-state index is 0.0497. The van der Waals surface area contributed by atoms with Gasteiger partial charge in [-0.05, 0) is 41.5 Å². The Bertz CT molecular complexity index is 935. The van der Waals surface area contributed by atoms with E-state index < -0.39 is 11.9 Å². The summed E-state index contributed by atoms with van der Waals surface area (Å²) in [5, 5.41) is 16.5. The van der Waals surface area contributed by atoms with Crippen molar-refractivity contribution in [1.29, 1.82) is 0 Å². The molecule has 5 nitrogen and oxygen atoms in total. The Morgan fingerprint density at radius 3 is 2.25 bits per heavy atom. The zero-order valence-corrected chi connectivity index (χ0v) is 13.0. The molecule has 0 bridgehead atoms. The minimum Gasteiger partial charge on any atom is -0.507 e. The van der Waals surface area contributed by atoms with E-state index >= 15 is 0 Å². The van der Waals surface area contributed by atoms with Crippen molar-refractivity contribution < 1.29 is 14.7 Å². The lowest BCUT2D eigenvalue weighted by atomic mass is 10.1. The number of phenolic OH excluding ortho intramolecular Hbond substituents is 1. The van der Waals surface area contributed by atoms with Crippen molar-refractivity contribution >= 4 is 28.4 Å². The predicted molar refractivity (Wildman–Crippen MR) is 93.3 cm³/mol. The van der Waals surface area contributed by atoms with E-state index in [1.54, 1.807) is 18.2 Å². The molecule has 0 unspecified atom stereocenters. The lowest BCUT2D eigenvalue weighted by Crippen LogP contribution is -2.34. The summed E-state index contributed by atoms with van der Waals surface area (Å²) >= 11 is 0. The monoisotopic (exact) mass is 320 g/mol. The van der Waals surface area contributed by atoms with Crippen LogP contribution >= 0.6 is 0 Å². The molecule has 0 fully saturated rings. The first-order valence-corrected chi connectivity index (χ1v) is 7.44. The van der Waals surface area contributed by atoms with Gasteiger partial charge in [-0.1, -0.05) is 42.5 Å². The third-order valence-corrected chi connectivity index (χ3v) is 3.73. The van der Waals surface area contributed by atoms with E-state index in [1.807, 2.05) is 43.3 Å². The number of aryl methyl sites for hydroxylation is 1. The summed E-state index contributed by atoms with van der Waals surface area (Å²) in [6.07, 6.45) is 0. The molecule has 3 amide bonds. The summed E-state index contributed by atoms with van der Waals surface area (Å²) < 4.78 is 0. The van der Waals surface area contributed by atoms with Crippen LogP contribution < -0.4 is 10.6 Å². The molecule has 5 heteroatoms. The number of benzene rings is 3. The van der Waals surface area contributed by atoms with Gasteiger partial charge in [-0.15, -0.1) is 0 Å². The van der Waals surface area contributed by atoms with Crippen molar-refractivity contribution in [2.75, 3.05) is 5.32 Å². The maximum Gasteiger partial charge on any atom is 0.326 e. The number of hydrogen-bond donors (Lipinski definition) is 3. The molecule has 3 aromatic carbocycles. The highest BCUT2D eigenvalue weighted by Crippen LogP contribution is 2.24. The Labute approximate surface area is 138 Å². The van der Waals surface area contributed by atoms with Crippen molar-refractivity contribution in [2.45, 2.75) is 6.92 Å². The molecule has 120 valence electrons. The van der Waals surface area contributed by atoms with E-state index in [0.717, 1.165) is 16.3 Å². The van der Waals surface area contributed by atoms with Crippen molar-refractivity contribution in [3.05, 3.63) is 71.8 Å². The van der Waals surface area contributed by atoms with Crippen molar-refractivity contribution in [3.8, 4) is 5.75 Å². The fourth-order valence-electron chi connectivity index (χ4n) is 2.45. The van der Waals surface area contributed by atoms with Gasteiger partial charge in [-0.25, -0.2) is 4.79 Å². The number of anilines is 1. The number of phenols is 1. The number of nitrogens with one attached hydrogen (secondary N) is 2. The zero-order valence-electron chi connectivity index (χ0n) is 13.0. The first-order chi connectivity index (χ1) is 11.5. The highest BCUT2D eigenvalue weighted by Gasteiger charge is 2.15. The van der Waals surface area contributed by atoms with Crippen LogP contribution in [0.1, 0.15) is 15.9 Å². The molecule has 0 spiro atoms. The molecular weight excluding hydrogens is 304 g/mol. The lowest BCUT2D eigenvalue weighted by Gasteiger charge is -2.10. The number of carbonyl (C=O) groups is 2. The lowest BCUT2D eigenvalue weighted by molar-refractivity contribution is 0.0964. The molecule has 0 aliphatic heterocycles. The number of rotatable bonds is 2. The number of aromatic hydroxyl groups is 1. The van der Waals surface area contributed by atoms with Crippen LogP contribution in [0, 0.1) is 6.92 Å². The Morgan fingerprint density at radius 1 is 0.917 bits per heavy atom. The number of hydrogen-bond acceptors (Lipinski definition) is 3. The molecule has 0 aromatic heterocycles. The van der Waals surface area contributed by atoms with Gasteiger partial charge in [0.1, 0.15) is 5.75 Å². The number of urea groups is 1. The third-order valence-electron chi connectivity index (χ3n) is 3.73. The zero-order chi connectivity index (χ0) is 17.1. The third kappa shape index (κ3) is 3.20. The molecule has 3 rings (SSSR count). The van der Waals surface area contributed by atoms with Crippen molar-refractivity contribution in [3.63, 3.8) is 0 Å². The number of carbonyl (C=O) groups excluding carboxylic acids is 2. The highest BCUT2D eigenvalue weighted by molar-refractivity contribution is 6.10. The average Bonchev–Trinajstić information content (AvgIpc) is 2.56. The summed E-state index contributed by atoms with van der Waals surface area (Å²) in [4.78, 5) is 24.3. The standard InChI is InChI=1S/C19H16N2O3/c1-12-6-2-5-9-16(12)20-19(24)21-18(23)15-10-13-7-3-4-8-14(13)11-17(15)22/h2-11,22H,1H3,(H2,20,21,23,24). The minimum atomic E-state index is -0.663. The Hall–Kier alpha value is -3.34. The van der Waals surface area contributed by atoms with E-state index in [2.05, 4.69) is 10.6 Å². The molecule has 0 radical (unpaired) electrons. The van der Waals surface area contributed by atoms with Crippen molar-refractivity contribution in [1.82, 2.24) is 5.32 Å². The summed E-state index contributed by atoms with van der Waals surface area (Å²) in [6.45, 7) is 1.85. The van der Waals surface area contributed by atoms with Gasteiger partial charge in [-0.2, -0.15) is 0 Å². The molecule has 0 atom stereocenters. The summed E-state index contributed by atoms with van der Waals surface area (Å²) in [6, 6.07) is 17.0. The van der Waals surface area contributed by atoms with Gasteiger partial charge in [0.25, 0.3) is 5.91 Å². The van der Waals surface area contributed by atoms with Crippen LogP contribution in [0.25, 0.3) is 10.8 Å². The first-order valence-electron chi connectivity index (χ1n) is 7.44. The van der Waals surface area contributed by atoms with Crippen LogP contribution in [0.15, 0.2) is 60.7 Å². The maximum absolute atomic E-state index is 12.3. The summed E-state index contributed by atoms with van der Waals surface area (Å²) in [7, 11) is 0. The second-order valence-corrected chi connectivity index (χ2v) is 5.44. The molecule has 24 heavy (non-hydrogen) atoms. The van der Waals surface area contributed by atoms with Crippen LogP contribution in [-0.2, 0) is 0 Å². The quantitative estimate of drug-likeness (QED) is 0.672. The van der Waals surface area contributed by atoms with Gasteiger partial charge in [0.05, 0.1) is 5.56 Å². The SMILES string of the molecule is Cc1ccccc1NC(=O)NC(=O)c1cc2ccccc2cc1O. The molecule has 0 saturated carbocycles. The molecule has 0 heterocycles. The normalized spacial score (nSPS) is 10.4. The van der Waals surface area contributed by atoms with Crippen LogP contribution in [0.4, 0.5) is 10.5 Å². The van der Waals surface area contributed by atoms with E-state index in [4.69, 9.17) is 0 Å². The van der Waals surface area contributed by atoms with E-state index in [9.17, 15) is 14.7 Å². The van der Waals surface area contributed by atoms with Gasteiger partial charge in [0, 0.05) is 5.69 Å². The number of imide groups is 1. The second-order valence-electron chi connectivity index (χ2n) is 5.44. The topological polar surface area (TPSA) is 78.4 Å². The van der Waals surface area contributed by atoms with Crippen molar-refractivity contribution in [2.24, 2.45) is 0 Å². The van der Waals surface area contributed by atoms with E-state index in [1.165, 1.54) is 6.07 Å². The number of para-hydroxylation sites is 1. The summed E-state index contributed by atoms with van der Waals surface area (Å²) in [5.74, 6) is -0.834. The molecule has 3 N–H and O–H groups in total. The van der Waals surface area contributed by atoms with Gasteiger partial charge < -0.3 is 10.4 Å². The average molecular weight is 320 g/mol. The molecule has 0 saturated heterocycles. The van der Waals surface area contributed by atoms with Crippen LogP contribution in [0.2, 0.25) is 0 Å². The van der Waals surface area contributed by atoms with Gasteiger partial charge >= 0.3 is 6.03 Å². The maximum atomic E-state index is 12.3. The highest BCUT2D eigenvalue weighted by atomic mass is 16.3. The first kappa shape index (κ1) is 15.6. The second kappa shape index (κ2) is 6.42. The van der Waals surface area contributed by atoms with Gasteiger partial charge in [0.15, 0.2) is 0 Å². The summed E-state index contributed by atoms with van der Waals surface area (Å²) in [5.41, 5.74) is 1.55. The molecular formula is C19H16N2O3. The van der Waals surface area contributed by atoms with Gasteiger partial charge in [0.2, 0.25) is 0 Å². The van der Waals surface area contributed by atoms with Crippen LogP contribution in [0.3, 0.4) is 0 Å². The molecule has 3 aromatic rings. The Balaban J connectivity index is 1.78. The Kier molecular flexibility index (Phi) is 4.16. The fraction of sp³-hybridized carbons (Fsp3) is 0.0526. The number of amides is 3. The van der Waals surface area contributed by atoms with E-state index in [0.29, 0.717) is 5.69 Å². The molecule has 0 aliphatic carbocycles. The largest absolute Gasteiger partial charge is 0.507 e. The van der Waals surface area contributed by atoms with Gasteiger partial charge in [-0.3, -0.25) is 10.1 Å². The fourth-order valence-corrected chi connectivity index (χ4v) is 2.45. The number of fused-ring (bicyclic) bond motifs is 1. The predicted octanol–water partition coefficient (Wildman–Crippen LogP) is 3.82. The van der Waals surface area contributed by atoms with E-state index in [-0.39, 0.29) is 11.3 Å². The molecule has 0 aliphatic rings. The van der Waals surface area contributed by atoms with Crippen LogP contribution in [0.5, 0.6) is 5.75 Å². The Morgan fingerprint density at radius 2 is 1.54 bits per heavy atom.